The molecule has 306 valence electrons. The van der Waals surface area contributed by atoms with Gasteiger partial charge in [-0.1, -0.05) is 129 Å². The fraction of sp³-hybridized carbons (Fsp3) is 0.707. The molecule has 1 saturated heterocycles. The molecule has 4 heterocycles. The molecule has 4 rings (SSSR count). The summed E-state index contributed by atoms with van der Waals surface area (Å²) in [5, 5.41) is 24.2. The van der Waals surface area contributed by atoms with E-state index in [0.717, 1.165) is 24.8 Å². The van der Waals surface area contributed by atoms with E-state index in [0.29, 0.717) is 29.1 Å². The standard InChI is InChI=1S/C41H65N6O7P/c1-3-4-5-6-7-8-9-10-11-12-13-14-15-16-17-18-19-20-21-35(51-29-33-22-23-34(27-42)44-28-33)30-52-55(49,50)53-31-41(2)39(48)26-38(54-41)36-24-25-37-40(43)45-32-46-47(36)37/h22-25,28,32,35,38-39,48H,3-21,26,29-31H2,1-2H3,(H,49,50)(H2,43,45,46)/t35-,38-,39+,41-/m1/s1. The molecule has 0 amide bonds. The van der Waals surface area contributed by atoms with Crippen LogP contribution in [0.2, 0.25) is 0 Å². The van der Waals surface area contributed by atoms with Crippen molar-refractivity contribution in [2.45, 2.75) is 173 Å². The van der Waals surface area contributed by atoms with Crippen molar-refractivity contribution in [3.63, 3.8) is 0 Å². The number of ether oxygens (including phenoxy) is 2. The van der Waals surface area contributed by atoms with Crippen LogP contribution in [0, 0.1) is 11.3 Å². The van der Waals surface area contributed by atoms with Crippen LogP contribution in [-0.4, -0.2) is 60.6 Å². The molecule has 0 aromatic carbocycles. The Morgan fingerprint density at radius 2 is 1.56 bits per heavy atom. The van der Waals surface area contributed by atoms with Crippen molar-refractivity contribution in [1.82, 2.24) is 19.6 Å². The van der Waals surface area contributed by atoms with Crippen LogP contribution in [0.1, 0.15) is 165 Å². The molecule has 5 atom stereocenters. The lowest BCUT2D eigenvalue weighted by Crippen LogP contribution is -2.40. The number of nitrogen functional groups attached to an aromatic ring is 1. The van der Waals surface area contributed by atoms with Gasteiger partial charge in [-0.15, -0.1) is 0 Å². The van der Waals surface area contributed by atoms with E-state index in [1.54, 1.807) is 41.9 Å². The van der Waals surface area contributed by atoms with Gasteiger partial charge in [0.1, 0.15) is 35.3 Å². The van der Waals surface area contributed by atoms with Gasteiger partial charge in [0.25, 0.3) is 0 Å². The number of hydrogen-bond donors (Lipinski definition) is 3. The van der Waals surface area contributed by atoms with Gasteiger partial charge < -0.3 is 25.2 Å². The Kier molecular flexibility index (Phi) is 19.5. The highest BCUT2D eigenvalue weighted by Gasteiger charge is 2.47. The lowest BCUT2D eigenvalue weighted by Gasteiger charge is -2.28. The molecule has 0 aliphatic carbocycles. The number of anilines is 1. The minimum Gasteiger partial charge on any atom is -0.390 e. The van der Waals surface area contributed by atoms with Crippen LogP contribution in [-0.2, 0) is 29.7 Å². The minimum atomic E-state index is -4.54. The largest absolute Gasteiger partial charge is 0.472 e. The molecule has 1 aliphatic heterocycles. The topological polar surface area (TPSA) is 187 Å². The number of nitriles is 1. The number of fused-ring (bicyclic) bond motifs is 1. The van der Waals surface area contributed by atoms with Crippen LogP contribution in [0.15, 0.2) is 36.8 Å². The maximum atomic E-state index is 13.1. The lowest BCUT2D eigenvalue weighted by atomic mass is 9.99. The Hall–Kier alpha value is -2.95. The molecule has 0 radical (unpaired) electrons. The van der Waals surface area contributed by atoms with Gasteiger partial charge in [0.05, 0.1) is 37.7 Å². The number of hydrogen-bond acceptors (Lipinski definition) is 11. The maximum Gasteiger partial charge on any atom is 0.472 e. The Morgan fingerprint density at radius 3 is 2.15 bits per heavy atom. The van der Waals surface area contributed by atoms with Crippen molar-refractivity contribution in [1.29, 1.82) is 5.26 Å². The van der Waals surface area contributed by atoms with E-state index in [1.165, 1.54) is 103 Å². The lowest BCUT2D eigenvalue weighted by molar-refractivity contribution is -0.101. The number of nitrogens with two attached hydrogens (primary N) is 1. The number of aliphatic hydroxyl groups excluding tert-OH is 1. The van der Waals surface area contributed by atoms with E-state index in [9.17, 15) is 14.6 Å². The van der Waals surface area contributed by atoms with Crippen LogP contribution < -0.4 is 5.73 Å². The predicted octanol–water partition coefficient (Wildman–Crippen LogP) is 9.31. The maximum absolute atomic E-state index is 13.1. The van der Waals surface area contributed by atoms with E-state index < -0.39 is 31.7 Å². The van der Waals surface area contributed by atoms with Gasteiger partial charge in [-0.2, -0.15) is 10.4 Å². The zero-order valence-corrected chi connectivity index (χ0v) is 34.1. The molecule has 1 fully saturated rings. The van der Waals surface area contributed by atoms with Crippen LogP contribution >= 0.6 is 7.82 Å². The summed E-state index contributed by atoms with van der Waals surface area (Å²) in [6.45, 7) is 3.59. The number of nitrogens with zero attached hydrogens (tertiary/aromatic N) is 5. The van der Waals surface area contributed by atoms with E-state index in [2.05, 4.69) is 22.0 Å². The zero-order valence-electron chi connectivity index (χ0n) is 33.2. The zero-order chi connectivity index (χ0) is 39.4. The third-order valence-corrected chi connectivity index (χ3v) is 11.6. The number of rotatable bonds is 29. The van der Waals surface area contributed by atoms with Crippen LogP contribution in [0.4, 0.5) is 5.82 Å². The second-order valence-electron chi connectivity index (χ2n) is 15.3. The summed E-state index contributed by atoms with van der Waals surface area (Å²) in [7, 11) is -4.54. The first-order valence-corrected chi connectivity index (χ1v) is 22.2. The first kappa shape index (κ1) is 44.8. The second-order valence-corrected chi connectivity index (χ2v) is 16.8. The van der Waals surface area contributed by atoms with E-state index in [4.69, 9.17) is 29.5 Å². The third-order valence-electron chi connectivity index (χ3n) is 10.6. The van der Waals surface area contributed by atoms with Crippen molar-refractivity contribution in [3.8, 4) is 6.07 Å². The van der Waals surface area contributed by atoms with Crippen LogP contribution in [0.3, 0.4) is 0 Å². The Labute approximate surface area is 328 Å². The Morgan fingerprint density at radius 1 is 0.945 bits per heavy atom. The summed E-state index contributed by atoms with van der Waals surface area (Å²) < 4.78 is 37.8. The van der Waals surface area contributed by atoms with Crippen LogP contribution in [0.5, 0.6) is 0 Å². The molecule has 3 aromatic heterocycles. The quantitative estimate of drug-likeness (QED) is 0.0448. The molecule has 0 bridgehead atoms. The summed E-state index contributed by atoms with van der Waals surface area (Å²) in [6, 6.07) is 9.00. The monoisotopic (exact) mass is 784 g/mol. The number of phosphoric acid groups is 1. The fourth-order valence-electron chi connectivity index (χ4n) is 7.13. The summed E-state index contributed by atoms with van der Waals surface area (Å²) in [4.78, 5) is 18.8. The van der Waals surface area contributed by atoms with Gasteiger partial charge in [-0.05, 0) is 37.1 Å². The second kappa shape index (κ2) is 24.0. The smallest absolute Gasteiger partial charge is 0.390 e. The normalized spacial score (nSPS) is 20.1. The molecule has 13 nitrogen and oxygen atoms in total. The Bertz CT molecular complexity index is 1620. The molecule has 0 spiro atoms. The molecule has 3 aromatic rings. The SMILES string of the molecule is CCCCCCCCCCCCCCCCCCCC[C@H](COP(=O)(O)OC[C@@]1(C)O[C@@H](c2ccc3c(N)ncnn23)C[C@@H]1O)OCc1ccc(C#N)nc1. The first-order valence-electron chi connectivity index (χ1n) is 20.7. The van der Waals surface area contributed by atoms with E-state index in [1.807, 2.05) is 6.07 Å². The number of unbranched alkanes of at least 4 members (excludes halogenated alkanes) is 17. The van der Waals surface area contributed by atoms with E-state index >= 15 is 0 Å². The number of aromatic nitrogens is 4. The summed E-state index contributed by atoms with van der Waals surface area (Å²) in [5.74, 6) is 0.320. The van der Waals surface area contributed by atoms with Crippen LogP contribution in [0.25, 0.3) is 5.52 Å². The molecular weight excluding hydrogens is 719 g/mol. The average molecular weight is 785 g/mol. The van der Waals surface area contributed by atoms with E-state index in [-0.39, 0.29) is 26.2 Å². The van der Waals surface area contributed by atoms with Crippen molar-refractivity contribution >= 4 is 19.2 Å². The number of phosphoric ester groups is 1. The third kappa shape index (κ3) is 15.5. The fourth-order valence-corrected chi connectivity index (χ4v) is 7.98. The molecule has 1 unspecified atom stereocenters. The summed E-state index contributed by atoms with van der Waals surface area (Å²) >= 11 is 0. The van der Waals surface area contributed by atoms with Crippen molar-refractivity contribution in [2.75, 3.05) is 18.9 Å². The first-order chi connectivity index (χ1) is 26.6. The predicted molar refractivity (Wildman–Crippen MR) is 213 cm³/mol. The molecule has 4 N–H and O–H groups in total. The van der Waals surface area contributed by atoms with Gasteiger partial charge in [0, 0.05) is 12.6 Å². The summed E-state index contributed by atoms with van der Waals surface area (Å²) in [6.07, 6.45) is 25.1. The molecule has 0 saturated carbocycles. The van der Waals surface area contributed by atoms with Gasteiger partial charge in [0.2, 0.25) is 0 Å². The molecular formula is C41H65N6O7P. The highest BCUT2D eigenvalue weighted by Crippen LogP contribution is 2.47. The number of pyridine rings is 1. The van der Waals surface area contributed by atoms with Crippen molar-refractivity contribution in [3.05, 3.63) is 53.7 Å². The highest BCUT2D eigenvalue weighted by molar-refractivity contribution is 7.47. The van der Waals surface area contributed by atoms with Gasteiger partial charge in [-0.25, -0.2) is 19.0 Å². The van der Waals surface area contributed by atoms with Crippen molar-refractivity contribution < 1.29 is 33.1 Å². The highest BCUT2D eigenvalue weighted by atomic mass is 31.2. The Balaban J connectivity index is 1.14. The minimum absolute atomic E-state index is 0.156. The molecule has 14 heteroatoms. The van der Waals surface area contributed by atoms with Gasteiger partial charge in [0.15, 0.2) is 5.82 Å². The van der Waals surface area contributed by atoms with Gasteiger partial charge in [-0.3, -0.25) is 9.05 Å². The molecule has 55 heavy (non-hydrogen) atoms. The number of aliphatic hydroxyl groups is 1. The summed E-state index contributed by atoms with van der Waals surface area (Å²) in [5.41, 5.74) is 7.08. The van der Waals surface area contributed by atoms with Gasteiger partial charge >= 0.3 is 7.82 Å². The average Bonchev–Trinajstić information content (AvgIpc) is 3.75. The molecule has 1 aliphatic rings. The van der Waals surface area contributed by atoms with Crippen molar-refractivity contribution in [2.24, 2.45) is 0 Å².